The molecule has 0 amide bonds. The molecular formula is C32H22O9. The number of rotatable bonds is 8. The van der Waals surface area contributed by atoms with Gasteiger partial charge >= 0.3 is 17.9 Å². The molecule has 5 aromatic rings. The molecule has 0 spiro atoms. The Labute approximate surface area is 233 Å². The van der Waals surface area contributed by atoms with E-state index in [1.807, 2.05) is 0 Å². The minimum atomic E-state index is -0.724. The Bertz CT molecular complexity index is 1820. The molecule has 0 saturated carbocycles. The lowest BCUT2D eigenvalue weighted by molar-refractivity contribution is -0.207. The van der Waals surface area contributed by atoms with Crippen molar-refractivity contribution in [3.05, 3.63) is 115 Å². The van der Waals surface area contributed by atoms with E-state index in [0.717, 1.165) is 27.6 Å². The summed E-state index contributed by atoms with van der Waals surface area (Å²) in [6, 6.07) is 24.1. The molecule has 0 saturated heterocycles. The smallest absolute Gasteiger partial charge is 0.378 e. The number of hydrogen-bond acceptors (Lipinski definition) is 9. The third kappa shape index (κ3) is 6.10. The zero-order chi connectivity index (χ0) is 28.9. The van der Waals surface area contributed by atoms with Gasteiger partial charge in [0.2, 0.25) is 0 Å². The van der Waals surface area contributed by atoms with Gasteiger partial charge < -0.3 is 19.3 Å². The maximum atomic E-state index is 12.9. The predicted molar refractivity (Wildman–Crippen MR) is 149 cm³/mol. The lowest BCUT2D eigenvalue weighted by atomic mass is 10.1. The molecule has 204 valence electrons. The number of phenolic OH excluding ortho intramolecular Hbond substituents is 1. The highest BCUT2D eigenvalue weighted by Crippen LogP contribution is 2.33. The minimum absolute atomic E-state index is 0.133. The van der Waals surface area contributed by atoms with Crippen LogP contribution in [0.3, 0.4) is 0 Å². The van der Waals surface area contributed by atoms with E-state index in [1.165, 1.54) is 31.4 Å². The van der Waals surface area contributed by atoms with Crippen molar-refractivity contribution in [1.82, 2.24) is 0 Å². The van der Waals surface area contributed by atoms with Gasteiger partial charge in [-0.3, -0.25) is 4.89 Å². The van der Waals surface area contributed by atoms with Gasteiger partial charge in [-0.1, -0.05) is 30.8 Å². The van der Waals surface area contributed by atoms with Crippen LogP contribution < -0.4 is 19.1 Å². The van der Waals surface area contributed by atoms with Crippen molar-refractivity contribution in [3.8, 4) is 28.7 Å². The quantitative estimate of drug-likeness (QED) is 0.0796. The molecular weight excluding hydrogens is 528 g/mol. The summed E-state index contributed by atoms with van der Waals surface area (Å²) in [6.07, 6.45) is 0.981. The fourth-order valence-corrected chi connectivity index (χ4v) is 4.01. The fourth-order valence-electron chi connectivity index (χ4n) is 4.01. The minimum Gasteiger partial charge on any atom is -0.508 e. The van der Waals surface area contributed by atoms with E-state index in [1.54, 1.807) is 66.7 Å². The zero-order valence-corrected chi connectivity index (χ0v) is 21.7. The molecule has 0 aliphatic carbocycles. The van der Waals surface area contributed by atoms with Crippen LogP contribution in [0.15, 0.2) is 104 Å². The van der Waals surface area contributed by atoms with Crippen LogP contribution in [0.4, 0.5) is 0 Å². The van der Waals surface area contributed by atoms with E-state index in [4.69, 9.17) is 19.1 Å². The van der Waals surface area contributed by atoms with E-state index in [2.05, 4.69) is 11.5 Å². The first-order valence-electron chi connectivity index (χ1n) is 12.2. The van der Waals surface area contributed by atoms with Crippen LogP contribution >= 0.6 is 0 Å². The monoisotopic (exact) mass is 550 g/mol. The molecule has 9 heteroatoms. The molecule has 0 aliphatic rings. The molecule has 0 aliphatic heterocycles. The van der Waals surface area contributed by atoms with Crippen molar-refractivity contribution >= 4 is 39.5 Å². The molecule has 0 unspecified atom stereocenters. The van der Waals surface area contributed by atoms with Crippen LogP contribution in [0.1, 0.15) is 20.7 Å². The first-order valence-corrected chi connectivity index (χ1v) is 12.2. The number of phenols is 1. The Morgan fingerprint density at radius 2 is 1.24 bits per heavy atom. The van der Waals surface area contributed by atoms with Gasteiger partial charge in [0.15, 0.2) is 17.2 Å². The molecule has 0 atom stereocenters. The molecule has 1 N–H and O–H groups in total. The summed E-state index contributed by atoms with van der Waals surface area (Å²) >= 11 is 0. The number of methoxy groups -OCH3 is 1. The van der Waals surface area contributed by atoms with Gasteiger partial charge in [0.1, 0.15) is 11.5 Å². The van der Waals surface area contributed by atoms with Crippen molar-refractivity contribution < 1.29 is 43.5 Å². The molecule has 5 aromatic carbocycles. The number of benzene rings is 5. The number of carbonyl (C=O) groups excluding carboxylic acids is 3. The Morgan fingerprint density at radius 1 is 0.659 bits per heavy atom. The van der Waals surface area contributed by atoms with Crippen molar-refractivity contribution in [2.75, 3.05) is 7.11 Å². The van der Waals surface area contributed by atoms with E-state index >= 15 is 0 Å². The van der Waals surface area contributed by atoms with Gasteiger partial charge in [-0.25, -0.2) is 19.3 Å². The molecule has 0 fully saturated rings. The van der Waals surface area contributed by atoms with Crippen LogP contribution in [0, 0.1) is 0 Å². The molecule has 5 rings (SSSR count). The summed E-state index contributed by atoms with van der Waals surface area (Å²) in [7, 11) is 1.40. The summed E-state index contributed by atoms with van der Waals surface area (Å²) in [5, 5.41) is 12.7. The number of esters is 2. The van der Waals surface area contributed by atoms with Crippen molar-refractivity contribution in [2.45, 2.75) is 0 Å². The Morgan fingerprint density at radius 3 is 1.93 bits per heavy atom. The second-order valence-corrected chi connectivity index (χ2v) is 8.75. The summed E-state index contributed by atoms with van der Waals surface area (Å²) in [5.74, 6) is -0.982. The zero-order valence-electron chi connectivity index (χ0n) is 21.7. The Kier molecular flexibility index (Phi) is 7.51. The molecule has 0 aromatic heterocycles. The van der Waals surface area contributed by atoms with E-state index < -0.39 is 17.9 Å². The average Bonchev–Trinajstić information content (AvgIpc) is 2.99. The standard InChI is InChI=1S/C32H22O9/c1-3-30(34)41-40-27-11-9-20-15-23(7-5-22(20)17-27)31(35)38-26-12-13-28(29(18-26)37-2)39-32(36)24-6-4-21-16-25(33)10-8-19(21)14-24/h3-18,33H,1H2,2H3. The predicted octanol–water partition coefficient (Wildman–Crippen LogP) is 6.17. The first kappa shape index (κ1) is 26.8. The molecule has 0 radical (unpaired) electrons. The van der Waals surface area contributed by atoms with Crippen LogP contribution in [0.25, 0.3) is 21.5 Å². The van der Waals surface area contributed by atoms with Crippen molar-refractivity contribution in [1.29, 1.82) is 0 Å². The summed E-state index contributed by atoms with van der Waals surface area (Å²) in [6.45, 7) is 3.29. The van der Waals surface area contributed by atoms with Gasteiger partial charge in [0, 0.05) is 12.1 Å². The maximum absolute atomic E-state index is 12.9. The summed E-state index contributed by atoms with van der Waals surface area (Å²) < 4.78 is 16.4. The molecule has 41 heavy (non-hydrogen) atoms. The largest absolute Gasteiger partial charge is 0.508 e. The van der Waals surface area contributed by atoms with E-state index in [0.29, 0.717) is 16.9 Å². The number of aromatic hydroxyl groups is 1. The molecule has 9 nitrogen and oxygen atoms in total. The van der Waals surface area contributed by atoms with Gasteiger partial charge in [0.25, 0.3) is 0 Å². The van der Waals surface area contributed by atoms with Crippen LogP contribution in [0.5, 0.6) is 28.7 Å². The second kappa shape index (κ2) is 11.5. The van der Waals surface area contributed by atoms with Crippen LogP contribution in [-0.4, -0.2) is 30.1 Å². The highest BCUT2D eigenvalue weighted by molar-refractivity contribution is 5.98. The lowest BCUT2D eigenvalue weighted by Gasteiger charge is -2.12. The fraction of sp³-hybridized carbons (Fsp3) is 0.0312. The number of hydrogen-bond donors (Lipinski definition) is 1. The average molecular weight is 551 g/mol. The highest BCUT2D eigenvalue weighted by Gasteiger charge is 2.16. The topological polar surface area (TPSA) is 118 Å². The number of fused-ring (bicyclic) bond motifs is 2. The van der Waals surface area contributed by atoms with Gasteiger partial charge in [-0.15, -0.1) is 0 Å². The van der Waals surface area contributed by atoms with E-state index in [9.17, 15) is 19.5 Å². The third-order valence-electron chi connectivity index (χ3n) is 6.04. The molecule has 0 bridgehead atoms. The maximum Gasteiger partial charge on any atom is 0.378 e. The second-order valence-electron chi connectivity index (χ2n) is 8.75. The normalized spacial score (nSPS) is 10.6. The van der Waals surface area contributed by atoms with Gasteiger partial charge in [-0.2, -0.15) is 0 Å². The number of ether oxygens (including phenoxy) is 3. The SMILES string of the molecule is C=CC(=O)OOc1ccc2cc(C(=O)Oc3ccc(OC(=O)c4ccc5cc(O)ccc5c4)c(OC)c3)ccc2c1. The van der Waals surface area contributed by atoms with Gasteiger partial charge in [-0.05, 0) is 82.2 Å². The third-order valence-corrected chi connectivity index (χ3v) is 6.04. The van der Waals surface area contributed by atoms with E-state index in [-0.39, 0.29) is 23.0 Å². The summed E-state index contributed by atoms with van der Waals surface area (Å²) in [5.41, 5.74) is 0.608. The molecule has 0 heterocycles. The van der Waals surface area contributed by atoms with Crippen molar-refractivity contribution in [2.24, 2.45) is 0 Å². The summed E-state index contributed by atoms with van der Waals surface area (Å²) in [4.78, 5) is 46.4. The Hall–Kier alpha value is -5.83. The number of carbonyl (C=O) groups is 3. The van der Waals surface area contributed by atoms with Gasteiger partial charge in [0.05, 0.1) is 18.2 Å². The Balaban J connectivity index is 1.28. The van der Waals surface area contributed by atoms with Crippen LogP contribution in [-0.2, 0) is 9.68 Å². The van der Waals surface area contributed by atoms with Crippen molar-refractivity contribution in [3.63, 3.8) is 0 Å². The van der Waals surface area contributed by atoms with Crippen LogP contribution in [0.2, 0.25) is 0 Å². The lowest BCUT2D eigenvalue weighted by Crippen LogP contribution is -2.10. The highest BCUT2D eigenvalue weighted by atomic mass is 17.2. The first-order chi connectivity index (χ1) is 19.8.